The zero-order valence-electron chi connectivity index (χ0n) is 9.68. The van der Waals surface area contributed by atoms with E-state index in [0.717, 1.165) is 12.6 Å². The third-order valence-electron chi connectivity index (χ3n) is 3.83. The summed E-state index contributed by atoms with van der Waals surface area (Å²) in [5.74, 6) is 0. The monoisotopic (exact) mass is 217 g/mol. The Morgan fingerprint density at radius 1 is 1.19 bits per heavy atom. The first kappa shape index (κ1) is 10.2. The average molecular weight is 217 g/mol. The molecule has 2 aliphatic heterocycles. The largest absolute Gasteiger partial charge is 0.298 e. The molecule has 1 aromatic heterocycles. The quantitative estimate of drug-likeness (QED) is 0.745. The van der Waals surface area contributed by atoms with Crippen LogP contribution in [-0.4, -0.2) is 47.0 Å². The second-order valence-electron chi connectivity index (χ2n) is 4.92. The Labute approximate surface area is 97.1 Å². The smallest absolute Gasteiger partial charge is 0.0271 e. The van der Waals surface area contributed by atoms with E-state index in [1.54, 1.807) is 0 Å². The van der Waals surface area contributed by atoms with Gasteiger partial charge in [0.25, 0.3) is 0 Å². The number of nitrogens with zero attached hydrogens (tertiary/aromatic N) is 3. The van der Waals surface area contributed by atoms with Crippen LogP contribution in [0.4, 0.5) is 0 Å². The number of piperazine rings is 1. The van der Waals surface area contributed by atoms with Gasteiger partial charge in [0, 0.05) is 44.6 Å². The molecule has 0 amide bonds. The summed E-state index contributed by atoms with van der Waals surface area (Å²) < 4.78 is 0. The van der Waals surface area contributed by atoms with Crippen LogP contribution < -0.4 is 0 Å². The number of pyridine rings is 1. The van der Waals surface area contributed by atoms with Crippen LogP contribution in [0.1, 0.15) is 18.4 Å². The molecule has 0 aliphatic carbocycles. The highest BCUT2D eigenvalue weighted by Gasteiger charge is 2.30. The van der Waals surface area contributed by atoms with Crippen LogP contribution in [-0.2, 0) is 6.54 Å². The zero-order chi connectivity index (χ0) is 10.8. The maximum atomic E-state index is 4.06. The summed E-state index contributed by atoms with van der Waals surface area (Å²) in [4.78, 5) is 9.31. The van der Waals surface area contributed by atoms with Crippen LogP contribution in [0.3, 0.4) is 0 Å². The molecule has 16 heavy (non-hydrogen) atoms. The zero-order valence-corrected chi connectivity index (χ0v) is 9.68. The van der Waals surface area contributed by atoms with E-state index in [9.17, 15) is 0 Å². The minimum absolute atomic E-state index is 0.829. The van der Waals surface area contributed by atoms with Gasteiger partial charge < -0.3 is 0 Å². The summed E-state index contributed by atoms with van der Waals surface area (Å²) in [7, 11) is 0. The molecule has 1 aromatic rings. The van der Waals surface area contributed by atoms with Crippen LogP contribution in [0.15, 0.2) is 24.5 Å². The van der Waals surface area contributed by atoms with Crippen molar-refractivity contribution >= 4 is 0 Å². The van der Waals surface area contributed by atoms with Gasteiger partial charge in [0.15, 0.2) is 0 Å². The van der Waals surface area contributed by atoms with Gasteiger partial charge in [-0.3, -0.25) is 14.8 Å². The second kappa shape index (κ2) is 4.52. The molecule has 0 radical (unpaired) electrons. The number of hydrogen-bond donors (Lipinski definition) is 0. The average Bonchev–Trinajstić information content (AvgIpc) is 2.77. The van der Waals surface area contributed by atoms with Crippen LogP contribution >= 0.6 is 0 Å². The van der Waals surface area contributed by atoms with Crippen molar-refractivity contribution < 1.29 is 0 Å². The summed E-state index contributed by atoms with van der Waals surface area (Å²) in [6, 6.07) is 5.08. The van der Waals surface area contributed by atoms with Crippen molar-refractivity contribution in [3.8, 4) is 0 Å². The van der Waals surface area contributed by atoms with Crippen molar-refractivity contribution in [2.24, 2.45) is 0 Å². The Kier molecular flexibility index (Phi) is 2.89. The number of rotatable bonds is 2. The lowest BCUT2D eigenvalue weighted by Gasteiger charge is -2.37. The van der Waals surface area contributed by atoms with Crippen LogP contribution in [0.5, 0.6) is 0 Å². The van der Waals surface area contributed by atoms with Crippen molar-refractivity contribution in [1.29, 1.82) is 0 Å². The van der Waals surface area contributed by atoms with Gasteiger partial charge in [0.1, 0.15) is 0 Å². The predicted octanol–water partition coefficient (Wildman–Crippen LogP) is 1.36. The second-order valence-corrected chi connectivity index (χ2v) is 4.92. The number of aromatic nitrogens is 1. The van der Waals surface area contributed by atoms with Crippen molar-refractivity contribution in [2.45, 2.75) is 25.4 Å². The molecule has 0 saturated carbocycles. The number of hydrogen-bond acceptors (Lipinski definition) is 3. The van der Waals surface area contributed by atoms with E-state index in [1.165, 1.54) is 44.6 Å². The number of fused-ring (bicyclic) bond motifs is 1. The highest BCUT2D eigenvalue weighted by Crippen LogP contribution is 2.22. The Bertz CT molecular complexity index is 338. The molecular weight excluding hydrogens is 198 g/mol. The Morgan fingerprint density at radius 3 is 2.94 bits per heavy atom. The van der Waals surface area contributed by atoms with Crippen LogP contribution in [0.2, 0.25) is 0 Å². The van der Waals surface area contributed by atoms with E-state index in [0.29, 0.717) is 0 Å². The molecule has 0 spiro atoms. The van der Waals surface area contributed by atoms with Gasteiger partial charge in [0.05, 0.1) is 0 Å². The molecule has 1 atom stereocenters. The molecule has 2 fully saturated rings. The van der Waals surface area contributed by atoms with Gasteiger partial charge in [-0.05, 0) is 37.1 Å². The minimum Gasteiger partial charge on any atom is -0.298 e. The summed E-state index contributed by atoms with van der Waals surface area (Å²) in [6.45, 7) is 6.15. The Morgan fingerprint density at radius 2 is 2.06 bits per heavy atom. The molecule has 3 nitrogen and oxygen atoms in total. The summed E-state index contributed by atoms with van der Waals surface area (Å²) in [6.07, 6.45) is 6.57. The molecule has 1 unspecified atom stereocenters. The molecule has 3 heterocycles. The van der Waals surface area contributed by atoms with Crippen LogP contribution in [0.25, 0.3) is 0 Å². The molecule has 2 aliphatic rings. The predicted molar refractivity (Wildman–Crippen MR) is 64.1 cm³/mol. The van der Waals surface area contributed by atoms with Gasteiger partial charge in [-0.1, -0.05) is 0 Å². The van der Waals surface area contributed by atoms with E-state index >= 15 is 0 Å². The standard InChI is InChI=1S/C13H19N3/c1-2-13-11-15(8-9-16(13)7-1)10-12-3-5-14-6-4-12/h3-6,13H,1-2,7-11H2. The fourth-order valence-corrected chi connectivity index (χ4v) is 2.95. The SMILES string of the molecule is c1cc(CN2CCN3CCCC3C2)ccn1. The van der Waals surface area contributed by atoms with Gasteiger partial charge in [-0.15, -0.1) is 0 Å². The maximum Gasteiger partial charge on any atom is 0.0271 e. The van der Waals surface area contributed by atoms with Crippen molar-refractivity contribution in [2.75, 3.05) is 26.2 Å². The van der Waals surface area contributed by atoms with Gasteiger partial charge in [0.2, 0.25) is 0 Å². The van der Waals surface area contributed by atoms with Crippen LogP contribution in [0, 0.1) is 0 Å². The highest BCUT2D eigenvalue weighted by atomic mass is 15.3. The molecule has 0 N–H and O–H groups in total. The molecule has 3 heteroatoms. The van der Waals surface area contributed by atoms with Crippen molar-refractivity contribution in [3.05, 3.63) is 30.1 Å². The Hall–Kier alpha value is -0.930. The molecular formula is C13H19N3. The summed E-state index contributed by atoms with van der Waals surface area (Å²) >= 11 is 0. The lowest BCUT2D eigenvalue weighted by Crippen LogP contribution is -2.49. The van der Waals surface area contributed by atoms with Gasteiger partial charge in [-0.2, -0.15) is 0 Å². The maximum absolute atomic E-state index is 4.06. The van der Waals surface area contributed by atoms with Gasteiger partial charge >= 0.3 is 0 Å². The molecule has 86 valence electrons. The minimum atomic E-state index is 0.829. The van der Waals surface area contributed by atoms with E-state index in [1.807, 2.05) is 12.4 Å². The third kappa shape index (κ3) is 2.11. The first-order chi connectivity index (χ1) is 7.92. The molecule has 2 saturated heterocycles. The lowest BCUT2D eigenvalue weighted by atomic mass is 10.1. The van der Waals surface area contributed by atoms with E-state index in [-0.39, 0.29) is 0 Å². The lowest BCUT2D eigenvalue weighted by molar-refractivity contribution is 0.0993. The first-order valence-corrected chi connectivity index (χ1v) is 6.27. The van der Waals surface area contributed by atoms with E-state index < -0.39 is 0 Å². The highest BCUT2D eigenvalue weighted by molar-refractivity contribution is 5.09. The topological polar surface area (TPSA) is 19.4 Å². The van der Waals surface area contributed by atoms with E-state index in [4.69, 9.17) is 0 Å². The normalized spacial score (nSPS) is 26.9. The summed E-state index contributed by atoms with van der Waals surface area (Å²) in [5, 5.41) is 0. The van der Waals surface area contributed by atoms with E-state index in [2.05, 4.69) is 26.9 Å². The van der Waals surface area contributed by atoms with Gasteiger partial charge in [-0.25, -0.2) is 0 Å². The fraction of sp³-hybridized carbons (Fsp3) is 0.615. The van der Waals surface area contributed by atoms with Crippen molar-refractivity contribution in [3.63, 3.8) is 0 Å². The third-order valence-corrected chi connectivity index (χ3v) is 3.83. The van der Waals surface area contributed by atoms with Crippen molar-refractivity contribution in [1.82, 2.24) is 14.8 Å². The fourth-order valence-electron chi connectivity index (χ4n) is 2.95. The molecule has 3 rings (SSSR count). The molecule has 0 bridgehead atoms. The first-order valence-electron chi connectivity index (χ1n) is 6.27. The molecule has 0 aromatic carbocycles. The Balaban J connectivity index is 1.60. The summed E-state index contributed by atoms with van der Waals surface area (Å²) in [5.41, 5.74) is 1.39.